The molecule has 18 heavy (non-hydrogen) atoms. The highest BCUT2D eigenvalue weighted by atomic mass is 79.9. The molecule has 96 valence electrons. The third-order valence-electron chi connectivity index (χ3n) is 2.09. The fourth-order valence-corrected chi connectivity index (χ4v) is 3.49. The van der Waals surface area contributed by atoms with Crippen LogP contribution in [0.1, 0.15) is 12.5 Å². The first-order valence-electron chi connectivity index (χ1n) is 5.33. The van der Waals surface area contributed by atoms with Gasteiger partial charge < -0.3 is 5.32 Å². The summed E-state index contributed by atoms with van der Waals surface area (Å²) in [5, 5.41) is 11.9. The zero-order valence-corrected chi connectivity index (χ0v) is 12.8. The zero-order valence-electron chi connectivity index (χ0n) is 9.61. The third-order valence-corrected chi connectivity index (χ3v) is 4.65. The molecule has 0 unspecified atom stereocenters. The van der Waals surface area contributed by atoms with E-state index in [-0.39, 0.29) is 5.82 Å². The summed E-state index contributed by atoms with van der Waals surface area (Å²) in [5.41, 5.74) is 0.662. The molecule has 1 aromatic heterocycles. The zero-order chi connectivity index (χ0) is 13.0. The molecule has 0 saturated carbocycles. The third kappa shape index (κ3) is 3.66. The molecule has 3 nitrogen and oxygen atoms in total. The van der Waals surface area contributed by atoms with Crippen molar-refractivity contribution in [2.75, 3.05) is 11.9 Å². The molecule has 0 atom stereocenters. The van der Waals surface area contributed by atoms with Crippen LogP contribution in [0.4, 0.5) is 9.52 Å². The highest BCUT2D eigenvalue weighted by Gasteiger charge is 2.07. The normalized spacial score (nSPS) is 10.6. The largest absolute Gasteiger partial charge is 0.360 e. The predicted octanol–water partition coefficient (Wildman–Crippen LogP) is 4.16. The minimum absolute atomic E-state index is 0.192. The second kappa shape index (κ2) is 6.49. The molecule has 0 saturated heterocycles. The van der Waals surface area contributed by atoms with Crippen LogP contribution in [0.3, 0.4) is 0 Å². The summed E-state index contributed by atoms with van der Waals surface area (Å²) in [6.07, 6.45) is 0. The van der Waals surface area contributed by atoms with Gasteiger partial charge in [0.05, 0.1) is 0 Å². The van der Waals surface area contributed by atoms with Crippen LogP contribution in [0.15, 0.2) is 27.0 Å². The summed E-state index contributed by atoms with van der Waals surface area (Å²) in [6.45, 7) is 2.82. The summed E-state index contributed by atoms with van der Waals surface area (Å²) in [4.78, 5) is 0. The number of aromatic nitrogens is 2. The summed E-state index contributed by atoms with van der Waals surface area (Å²) in [6, 6.07) is 4.94. The molecule has 7 heteroatoms. The van der Waals surface area contributed by atoms with Gasteiger partial charge in [-0.2, -0.15) is 0 Å². The Morgan fingerprint density at radius 2 is 2.28 bits per heavy atom. The van der Waals surface area contributed by atoms with Gasteiger partial charge in [0.25, 0.3) is 0 Å². The first-order valence-corrected chi connectivity index (χ1v) is 7.92. The van der Waals surface area contributed by atoms with Gasteiger partial charge in [0.2, 0.25) is 5.13 Å². The van der Waals surface area contributed by atoms with E-state index in [4.69, 9.17) is 0 Å². The lowest BCUT2D eigenvalue weighted by Crippen LogP contribution is -1.94. The van der Waals surface area contributed by atoms with E-state index < -0.39 is 0 Å². The number of halogens is 2. The molecule has 0 aliphatic heterocycles. The Kier molecular flexibility index (Phi) is 4.96. The average molecular weight is 348 g/mol. The van der Waals surface area contributed by atoms with Gasteiger partial charge in [-0.25, -0.2) is 4.39 Å². The van der Waals surface area contributed by atoms with Crippen molar-refractivity contribution in [1.82, 2.24) is 10.2 Å². The Morgan fingerprint density at radius 3 is 3.06 bits per heavy atom. The molecular formula is C11H11BrFN3S2. The molecule has 2 aromatic rings. The molecule has 1 heterocycles. The Morgan fingerprint density at radius 1 is 1.44 bits per heavy atom. The Hall–Kier alpha value is -0.660. The lowest BCUT2D eigenvalue weighted by Gasteiger charge is -2.01. The van der Waals surface area contributed by atoms with Crippen molar-refractivity contribution in [2.45, 2.75) is 17.0 Å². The maximum absolute atomic E-state index is 13.5. The van der Waals surface area contributed by atoms with Crippen molar-refractivity contribution in [3.8, 4) is 0 Å². The second-order valence-corrected chi connectivity index (χ2v) is 6.54. The molecule has 0 bridgehead atoms. The quantitative estimate of drug-likeness (QED) is 0.824. The molecule has 1 aromatic carbocycles. The van der Waals surface area contributed by atoms with Crippen LogP contribution < -0.4 is 5.32 Å². The maximum Gasteiger partial charge on any atom is 0.206 e. The monoisotopic (exact) mass is 347 g/mol. The lowest BCUT2D eigenvalue weighted by atomic mass is 10.2. The smallest absolute Gasteiger partial charge is 0.206 e. The van der Waals surface area contributed by atoms with Crippen LogP contribution in [0.2, 0.25) is 0 Å². The Labute approximate surface area is 121 Å². The van der Waals surface area contributed by atoms with Crippen LogP contribution in [0.5, 0.6) is 0 Å². The number of benzene rings is 1. The van der Waals surface area contributed by atoms with Crippen molar-refractivity contribution in [3.63, 3.8) is 0 Å². The molecule has 0 fully saturated rings. The van der Waals surface area contributed by atoms with E-state index in [0.29, 0.717) is 11.3 Å². The summed E-state index contributed by atoms with van der Waals surface area (Å²) in [7, 11) is 0. The van der Waals surface area contributed by atoms with Crippen molar-refractivity contribution in [1.29, 1.82) is 0 Å². The number of thioether (sulfide) groups is 1. The van der Waals surface area contributed by atoms with Gasteiger partial charge in [-0.15, -0.1) is 10.2 Å². The van der Waals surface area contributed by atoms with Gasteiger partial charge in [0.1, 0.15) is 5.82 Å². The average Bonchev–Trinajstić information content (AvgIpc) is 2.79. The number of nitrogens with zero attached hydrogens (tertiary/aromatic N) is 2. The predicted molar refractivity (Wildman–Crippen MR) is 77.7 cm³/mol. The van der Waals surface area contributed by atoms with E-state index in [1.165, 1.54) is 29.2 Å². The SMILES string of the molecule is CCNc1nnc(SCc2cc(Br)ccc2F)s1. The van der Waals surface area contributed by atoms with E-state index in [1.54, 1.807) is 12.1 Å². The van der Waals surface area contributed by atoms with Gasteiger partial charge in [0.15, 0.2) is 4.34 Å². The fraction of sp³-hybridized carbons (Fsp3) is 0.273. The van der Waals surface area contributed by atoms with E-state index >= 15 is 0 Å². The molecule has 0 radical (unpaired) electrons. The van der Waals surface area contributed by atoms with Crippen LogP contribution in [-0.2, 0) is 5.75 Å². The van der Waals surface area contributed by atoms with E-state index in [0.717, 1.165) is 20.5 Å². The van der Waals surface area contributed by atoms with Gasteiger partial charge in [-0.05, 0) is 30.7 Å². The fourth-order valence-electron chi connectivity index (χ4n) is 1.28. The Bertz CT molecular complexity index is 533. The van der Waals surface area contributed by atoms with E-state index in [2.05, 4.69) is 31.4 Å². The van der Waals surface area contributed by atoms with Crippen LogP contribution >= 0.6 is 39.0 Å². The van der Waals surface area contributed by atoms with Crippen molar-refractivity contribution < 1.29 is 4.39 Å². The topological polar surface area (TPSA) is 37.8 Å². The Balaban J connectivity index is 1.99. The number of hydrogen-bond donors (Lipinski definition) is 1. The van der Waals surface area contributed by atoms with Gasteiger partial charge >= 0.3 is 0 Å². The minimum atomic E-state index is -0.192. The first kappa shape index (κ1) is 13.8. The second-order valence-electron chi connectivity index (χ2n) is 3.43. The molecule has 2 rings (SSSR count). The standard InChI is InChI=1S/C11H11BrFN3S2/c1-2-14-10-15-16-11(18-10)17-6-7-5-8(12)3-4-9(7)13/h3-5H,2,6H2,1H3,(H,14,15). The molecule has 0 aliphatic rings. The van der Waals surface area contributed by atoms with Crippen molar-refractivity contribution in [3.05, 3.63) is 34.1 Å². The van der Waals surface area contributed by atoms with Crippen LogP contribution in [0, 0.1) is 5.82 Å². The molecule has 0 spiro atoms. The maximum atomic E-state index is 13.5. The van der Waals surface area contributed by atoms with E-state index in [1.807, 2.05) is 6.92 Å². The first-order chi connectivity index (χ1) is 8.69. The van der Waals surface area contributed by atoms with Crippen LogP contribution in [0.25, 0.3) is 0 Å². The molecule has 0 aliphatic carbocycles. The number of rotatable bonds is 5. The minimum Gasteiger partial charge on any atom is -0.360 e. The highest BCUT2D eigenvalue weighted by molar-refractivity contribution is 9.10. The van der Waals surface area contributed by atoms with Gasteiger partial charge in [0, 0.05) is 16.8 Å². The van der Waals surface area contributed by atoms with Gasteiger partial charge in [-0.3, -0.25) is 0 Å². The number of hydrogen-bond acceptors (Lipinski definition) is 5. The molecule has 1 N–H and O–H groups in total. The van der Waals surface area contributed by atoms with E-state index in [9.17, 15) is 4.39 Å². The van der Waals surface area contributed by atoms with Crippen molar-refractivity contribution >= 4 is 44.2 Å². The number of nitrogens with one attached hydrogen (secondary N) is 1. The summed E-state index contributed by atoms with van der Waals surface area (Å²) >= 11 is 6.31. The lowest BCUT2D eigenvalue weighted by molar-refractivity contribution is 0.617. The van der Waals surface area contributed by atoms with Gasteiger partial charge in [-0.1, -0.05) is 39.0 Å². The molecule has 0 amide bonds. The summed E-state index contributed by atoms with van der Waals surface area (Å²) < 4.78 is 15.2. The van der Waals surface area contributed by atoms with Crippen molar-refractivity contribution in [2.24, 2.45) is 0 Å². The van der Waals surface area contributed by atoms with Crippen LogP contribution in [-0.4, -0.2) is 16.7 Å². The number of anilines is 1. The molecular weight excluding hydrogens is 337 g/mol. The summed E-state index contributed by atoms with van der Waals surface area (Å²) in [5.74, 6) is 0.355. The highest BCUT2D eigenvalue weighted by Crippen LogP contribution is 2.29.